The third kappa shape index (κ3) is 3.49. The van der Waals surface area contributed by atoms with Gasteiger partial charge in [-0.1, -0.05) is 35.9 Å². The highest BCUT2D eigenvalue weighted by molar-refractivity contribution is 6.30. The van der Waals surface area contributed by atoms with Crippen molar-refractivity contribution < 1.29 is 4.74 Å². The molecule has 0 spiro atoms. The molecule has 2 aromatic rings. The van der Waals surface area contributed by atoms with Crippen molar-refractivity contribution in [1.29, 1.82) is 0 Å². The van der Waals surface area contributed by atoms with E-state index in [4.69, 9.17) is 22.1 Å². The highest BCUT2D eigenvalue weighted by Crippen LogP contribution is 2.18. The Hall–Kier alpha value is -1.51. The first-order valence-corrected chi connectivity index (χ1v) is 6.23. The first-order valence-electron chi connectivity index (χ1n) is 5.85. The summed E-state index contributed by atoms with van der Waals surface area (Å²) in [5.41, 5.74) is 8.22. The third-order valence-electron chi connectivity index (χ3n) is 2.70. The summed E-state index contributed by atoms with van der Waals surface area (Å²) < 4.78 is 5.67. The number of ether oxygens (including phenoxy) is 1. The minimum atomic E-state index is -0.177. The van der Waals surface area contributed by atoms with Crippen LogP contribution in [0.4, 0.5) is 0 Å². The summed E-state index contributed by atoms with van der Waals surface area (Å²) in [6.07, 6.45) is 0. The van der Waals surface area contributed by atoms with Crippen molar-refractivity contribution >= 4 is 11.6 Å². The van der Waals surface area contributed by atoms with Crippen LogP contribution in [0.2, 0.25) is 5.02 Å². The molecule has 0 aromatic heterocycles. The molecule has 0 aliphatic carbocycles. The molecule has 1 unspecified atom stereocenters. The molecule has 2 nitrogen and oxygen atoms in total. The second-order valence-electron chi connectivity index (χ2n) is 4.29. The van der Waals surface area contributed by atoms with Crippen LogP contribution in [0.1, 0.15) is 17.2 Å². The van der Waals surface area contributed by atoms with Crippen LogP contribution < -0.4 is 10.5 Å². The Kier molecular flexibility index (Phi) is 4.24. The Morgan fingerprint density at radius 1 is 1.17 bits per heavy atom. The molecule has 0 fully saturated rings. The third-order valence-corrected chi connectivity index (χ3v) is 2.93. The lowest BCUT2D eigenvalue weighted by Crippen LogP contribution is -2.18. The zero-order valence-electron chi connectivity index (χ0n) is 10.3. The van der Waals surface area contributed by atoms with Crippen molar-refractivity contribution in [3.05, 3.63) is 64.7 Å². The monoisotopic (exact) mass is 261 g/mol. The van der Waals surface area contributed by atoms with E-state index in [-0.39, 0.29) is 6.04 Å². The summed E-state index contributed by atoms with van der Waals surface area (Å²) in [6.45, 7) is 2.47. The number of aryl methyl sites for hydroxylation is 1. The van der Waals surface area contributed by atoms with Gasteiger partial charge in [0.2, 0.25) is 0 Å². The van der Waals surface area contributed by atoms with Crippen molar-refractivity contribution in [2.75, 3.05) is 6.61 Å². The number of nitrogens with two attached hydrogens (primary N) is 1. The van der Waals surface area contributed by atoms with E-state index in [0.29, 0.717) is 11.6 Å². The van der Waals surface area contributed by atoms with Crippen molar-refractivity contribution in [2.45, 2.75) is 13.0 Å². The lowest BCUT2D eigenvalue weighted by atomic mass is 10.1. The molecule has 94 valence electrons. The van der Waals surface area contributed by atoms with Crippen LogP contribution in [-0.2, 0) is 0 Å². The number of halogens is 1. The van der Waals surface area contributed by atoms with Gasteiger partial charge in [-0.25, -0.2) is 0 Å². The lowest BCUT2D eigenvalue weighted by Gasteiger charge is -2.14. The molecule has 3 heteroatoms. The van der Waals surface area contributed by atoms with E-state index in [1.807, 2.05) is 55.5 Å². The zero-order chi connectivity index (χ0) is 13.0. The SMILES string of the molecule is Cc1cccc(OCC(N)c2cccc(Cl)c2)c1. The molecule has 2 aromatic carbocycles. The number of hydrogen-bond acceptors (Lipinski definition) is 2. The van der Waals surface area contributed by atoms with Gasteiger partial charge in [-0.2, -0.15) is 0 Å². The molecule has 2 N–H and O–H groups in total. The van der Waals surface area contributed by atoms with Crippen LogP contribution in [0.5, 0.6) is 5.75 Å². The smallest absolute Gasteiger partial charge is 0.119 e. The van der Waals surface area contributed by atoms with Gasteiger partial charge in [0, 0.05) is 5.02 Å². The first-order chi connectivity index (χ1) is 8.65. The summed E-state index contributed by atoms with van der Waals surface area (Å²) in [5, 5.41) is 0.693. The van der Waals surface area contributed by atoms with Crippen LogP contribution in [0, 0.1) is 6.92 Å². The van der Waals surface area contributed by atoms with Crippen LogP contribution in [0.25, 0.3) is 0 Å². The molecule has 1 atom stereocenters. The average Bonchev–Trinajstić information content (AvgIpc) is 2.36. The summed E-state index contributed by atoms with van der Waals surface area (Å²) in [5.74, 6) is 0.840. The van der Waals surface area contributed by atoms with E-state index < -0.39 is 0 Å². The summed E-state index contributed by atoms with van der Waals surface area (Å²) >= 11 is 5.93. The number of benzene rings is 2. The molecule has 0 aliphatic rings. The van der Waals surface area contributed by atoms with Gasteiger partial charge in [-0.15, -0.1) is 0 Å². The quantitative estimate of drug-likeness (QED) is 0.910. The van der Waals surface area contributed by atoms with Crippen molar-refractivity contribution in [1.82, 2.24) is 0 Å². The van der Waals surface area contributed by atoms with Gasteiger partial charge in [-0.05, 0) is 42.3 Å². The molecule has 0 amide bonds. The zero-order valence-corrected chi connectivity index (χ0v) is 11.0. The van der Waals surface area contributed by atoms with Crippen molar-refractivity contribution in [3.8, 4) is 5.75 Å². The molecular formula is C15H16ClNO. The van der Waals surface area contributed by atoms with E-state index in [1.54, 1.807) is 0 Å². The van der Waals surface area contributed by atoms with Gasteiger partial charge < -0.3 is 10.5 Å². The maximum absolute atomic E-state index is 6.07. The van der Waals surface area contributed by atoms with E-state index in [1.165, 1.54) is 5.56 Å². The highest BCUT2D eigenvalue weighted by Gasteiger charge is 2.07. The second-order valence-corrected chi connectivity index (χ2v) is 4.73. The van der Waals surface area contributed by atoms with E-state index in [0.717, 1.165) is 11.3 Å². The van der Waals surface area contributed by atoms with Crippen molar-refractivity contribution in [2.24, 2.45) is 5.73 Å². The molecule has 0 saturated heterocycles. The van der Waals surface area contributed by atoms with Crippen LogP contribution >= 0.6 is 11.6 Å². The molecule has 0 saturated carbocycles. The van der Waals surface area contributed by atoms with E-state index in [9.17, 15) is 0 Å². The van der Waals surface area contributed by atoms with Gasteiger partial charge >= 0.3 is 0 Å². The standard InChI is InChI=1S/C15H16ClNO/c1-11-4-2-7-14(8-11)18-10-15(17)12-5-3-6-13(16)9-12/h2-9,15H,10,17H2,1H3. The Bertz CT molecular complexity index is 527. The number of rotatable bonds is 4. The molecule has 0 bridgehead atoms. The van der Waals surface area contributed by atoms with E-state index >= 15 is 0 Å². The van der Waals surface area contributed by atoms with Gasteiger partial charge in [0.05, 0.1) is 6.04 Å². The maximum Gasteiger partial charge on any atom is 0.119 e. The Morgan fingerprint density at radius 2 is 1.94 bits per heavy atom. The van der Waals surface area contributed by atoms with Gasteiger partial charge in [0.25, 0.3) is 0 Å². The fourth-order valence-electron chi connectivity index (χ4n) is 1.72. The first kappa shape index (κ1) is 12.9. The average molecular weight is 262 g/mol. The Labute approximate surface area is 112 Å². The fourth-order valence-corrected chi connectivity index (χ4v) is 1.92. The van der Waals surface area contributed by atoms with Crippen LogP contribution in [0.15, 0.2) is 48.5 Å². The Morgan fingerprint density at radius 3 is 2.67 bits per heavy atom. The molecule has 2 rings (SSSR count). The maximum atomic E-state index is 6.07. The minimum absolute atomic E-state index is 0.177. The summed E-state index contributed by atoms with van der Waals surface area (Å²) in [7, 11) is 0. The number of hydrogen-bond donors (Lipinski definition) is 1. The lowest BCUT2D eigenvalue weighted by molar-refractivity contribution is 0.290. The molecule has 18 heavy (non-hydrogen) atoms. The minimum Gasteiger partial charge on any atom is -0.492 e. The molecule has 0 heterocycles. The predicted molar refractivity (Wildman–Crippen MR) is 75.1 cm³/mol. The van der Waals surface area contributed by atoms with E-state index in [2.05, 4.69) is 0 Å². The van der Waals surface area contributed by atoms with Gasteiger partial charge in [0.1, 0.15) is 12.4 Å². The van der Waals surface area contributed by atoms with Crippen LogP contribution in [-0.4, -0.2) is 6.61 Å². The summed E-state index contributed by atoms with van der Waals surface area (Å²) in [6, 6.07) is 15.3. The second kappa shape index (κ2) is 5.89. The molecule has 0 radical (unpaired) electrons. The molecule has 0 aliphatic heterocycles. The highest BCUT2D eigenvalue weighted by atomic mass is 35.5. The largest absolute Gasteiger partial charge is 0.492 e. The normalized spacial score (nSPS) is 12.2. The summed E-state index contributed by atoms with van der Waals surface area (Å²) in [4.78, 5) is 0. The van der Waals surface area contributed by atoms with Crippen LogP contribution in [0.3, 0.4) is 0 Å². The predicted octanol–water partition coefficient (Wildman–Crippen LogP) is 3.73. The van der Waals surface area contributed by atoms with Crippen molar-refractivity contribution in [3.63, 3.8) is 0 Å². The van der Waals surface area contributed by atoms with Gasteiger partial charge in [0.15, 0.2) is 0 Å². The fraction of sp³-hybridized carbons (Fsp3) is 0.200. The topological polar surface area (TPSA) is 35.2 Å². The molecular weight excluding hydrogens is 246 g/mol. The van der Waals surface area contributed by atoms with Gasteiger partial charge in [-0.3, -0.25) is 0 Å². The Balaban J connectivity index is 1.98.